The summed E-state index contributed by atoms with van der Waals surface area (Å²) < 4.78 is 0. The molecule has 8 N–H and O–H groups in total. The molecular weight excluding hydrogens is 308 g/mol. The first-order valence-corrected chi connectivity index (χ1v) is 5.55. The Morgan fingerprint density at radius 3 is 1.00 bits per heavy atom. The molecule has 0 amide bonds. The summed E-state index contributed by atoms with van der Waals surface area (Å²) in [6.45, 7) is 0.0833. The zero-order valence-corrected chi connectivity index (χ0v) is 11.9. The summed E-state index contributed by atoms with van der Waals surface area (Å²) in [5.41, 5.74) is 0. The number of rotatable bonds is 7. The third kappa shape index (κ3) is 20.0. The second-order valence-electron chi connectivity index (χ2n) is 3.41. The number of carbonyl (C=O) groups is 4. The number of aliphatic hydroxyl groups excluding tert-OH is 2. The van der Waals surface area contributed by atoms with Gasteiger partial charge in [0.1, 0.15) is 0 Å². The van der Waals surface area contributed by atoms with E-state index in [-0.39, 0.29) is 13.1 Å². The lowest BCUT2D eigenvalue weighted by atomic mass is 10.2. The van der Waals surface area contributed by atoms with Crippen LogP contribution >= 0.6 is 0 Å². The van der Waals surface area contributed by atoms with Crippen LogP contribution in [0.1, 0.15) is 0 Å². The fraction of sp³-hybridized carbons (Fsp3) is 0.600. The minimum absolute atomic E-state index is 0.0417. The van der Waals surface area contributed by atoms with Crippen LogP contribution in [-0.2, 0) is 19.2 Å². The van der Waals surface area contributed by atoms with Crippen molar-refractivity contribution in [1.82, 2.24) is 10.6 Å². The van der Waals surface area contributed by atoms with E-state index in [1.807, 2.05) is 0 Å². The van der Waals surface area contributed by atoms with E-state index in [4.69, 9.17) is 30.6 Å². The van der Waals surface area contributed by atoms with Gasteiger partial charge in [0.05, 0.1) is 13.1 Å². The predicted octanol–water partition coefficient (Wildman–Crippen LogP) is -3.54. The lowest BCUT2D eigenvalue weighted by molar-refractivity contribution is -0.165. The van der Waals surface area contributed by atoms with E-state index in [1.165, 1.54) is 0 Å². The topological polar surface area (TPSA) is 214 Å². The Morgan fingerprint density at radius 2 is 0.955 bits per heavy atom. The largest absolute Gasteiger partial charge is 0.480 e. The number of hydrogen-bond donors (Lipinski definition) is 8. The number of carboxylic acid groups (broad SMARTS) is 4. The summed E-state index contributed by atoms with van der Waals surface area (Å²) in [4.78, 5) is 38.6. The van der Waals surface area contributed by atoms with Crippen LogP contribution < -0.4 is 10.6 Å². The van der Waals surface area contributed by atoms with Gasteiger partial charge in [0.2, 0.25) is 0 Å². The van der Waals surface area contributed by atoms with Crippen molar-refractivity contribution in [3.63, 3.8) is 0 Å². The van der Waals surface area contributed by atoms with E-state index < -0.39 is 36.1 Å². The summed E-state index contributed by atoms with van der Waals surface area (Å²) in [6, 6.07) is 0. The van der Waals surface area contributed by atoms with Gasteiger partial charge in [0, 0.05) is 0 Å². The van der Waals surface area contributed by atoms with Gasteiger partial charge in [-0.15, -0.1) is 0 Å². The monoisotopic (exact) mass is 328 g/mol. The second kappa shape index (κ2) is 15.1. The SMILES string of the molecule is CNCC(=O)O.CNCC(=O)O.O=C(O)[C@H](O)[C@@H](O)C(=O)O. The smallest absolute Gasteiger partial charge is 0.335 e. The van der Waals surface area contributed by atoms with Gasteiger partial charge >= 0.3 is 23.9 Å². The molecule has 12 nitrogen and oxygen atoms in total. The van der Waals surface area contributed by atoms with Crippen molar-refractivity contribution in [3.8, 4) is 0 Å². The first kappa shape index (κ1) is 24.7. The van der Waals surface area contributed by atoms with Gasteiger partial charge in [0.25, 0.3) is 0 Å². The third-order valence-electron chi connectivity index (χ3n) is 1.46. The molecule has 0 spiro atoms. The molecule has 0 rings (SSSR count). The number of likely N-dealkylation sites (N-methyl/N-ethyl adjacent to an activating group) is 2. The standard InChI is InChI=1S/C4H6O6.2C3H7NO2/c5-1(3(7)8)2(6)4(9)10;2*1-4-2-3(5)6/h1-2,5-6H,(H,7,8)(H,9,10);2*4H,2H2,1H3,(H,5,6)/t1-,2-;;/m1../s1. The van der Waals surface area contributed by atoms with Gasteiger partial charge in [-0.05, 0) is 14.1 Å². The van der Waals surface area contributed by atoms with Gasteiger partial charge < -0.3 is 41.3 Å². The molecule has 0 aliphatic rings. The quantitative estimate of drug-likeness (QED) is 0.228. The maximum absolute atomic E-state index is 9.77. The molecule has 0 fully saturated rings. The van der Waals surface area contributed by atoms with Crippen molar-refractivity contribution in [3.05, 3.63) is 0 Å². The summed E-state index contributed by atoms with van der Waals surface area (Å²) in [5.74, 6) is -5.18. The molecule has 0 unspecified atom stereocenters. The first-order valence-electron chi connectivity index (χ1n) is 5.55. The molecule has 0 aliphatic heterocycles. The highest BCUT2D eigenvalue weighted by molar-refractivity contribution is 5.83. The molecule has 0 bridgehead atoms. The van der Waals surface area contributed by atoms with Crippen molar-refractivity contribution < 1.29 is 49.8 Å². The van der Waals surface area contributed by atoms with Crippen molar-refractivity contribution in [2.75, 3.05) is 27.2 Å². The molecule has 0 aromatic rings. The van der Waals surface area contributed by atoms with Crippen LogP contribution in [-0.4, -0.2) is 93.9 Å². The second-order valence-corrected chi connectivity index (χ2v) is 3.41. The molecule has 0 saturated carbocycles. The van der Waals surface area contributed by atoms with E-state index in [2.05, 4.69) is 10.6 Å². The maximum Gasteiger partial charge on any atom is 0.335 e. The Morgan fingerprint density at radius 1 is 0.727 bits per heavy atom. The molecule has 22 heavy (non-hydrogen) atoms. The Labute approximate surface area is 125 Å². The van der Waals surface area contributed by atoms with Crippen LogP contribution in [0.5, 0.6) is 0 Å². The molecule has 130 valence electrons. The van der Waals surface area contributed by atoms with Crippen molar-refractivity contribution in [2.24, 2.45) is 0 Å². The molecule has 0 radical (unpaired) electrons. The molecule has 0 aromatic carbocycles. The van der Waals surface area contributed by atoms with E-state index in [1.54, 1.807) is 14.1 Å². The Kier molecular flexibility index (Phi) is 17.0. The zero-order valence-electron chi connectivity index (χ0n) is 11.9. The van der Waals surface area contributed by atoms with Crippen molar-refractivity contribution in [2.45, 2.75) is 12.2 Å². The van der Waals surface area contributed by atoms with Crippen LogP contribution in [0.2, 0.25) is 0 Å². The average Bonchev–Trinajstić information content (AvgIpc) is 2.37. The van der Waals surface area contributed by atoms with Crippen LogP contribution in [0.4, 0.5) is 0 Å². The number of aliphatic hydroxyl groups is 2. The van der Waals surface area contributed by atoms with Crippen LogP contribution in [0.25, 0.3) is 0 Å². The highest BCUT2D eigenvalue weighted by Crippen LogP contribution is 1.92. The van der Waals surface area contributed by atoms with Crippen LogP contribution in [0, 0.1) is 0 Å². The first-order chi connectivity index (χ1) is 10.0. The molecule has 0 aliphatic carbocycles. The number of nitrogens with one attached hydrogen (secondary N) is 2. The van der Waals surface area contributed by atoms with Gasteiger partial charge in [-0.25, -0.2) is 9.59 Å². The Hall–Kier alpha value is -2.28. The maximum atomic E-state index is 9.77. The van der Waals surface area contributed by atoms with E-state index in [0.29, 0.717) is 0 Å². The number of aliphatic carboxylic acids is 4. The molecule has 12 heteroatoms. The highest BCUT2D eigenvalue weighted by atomic mass is 16.4. The molecule has 0 aromatic heterocycles. The summed E-state index contributed by atoms with van der Waals surface area (Å²) in [7, 11) is 3.18. The molecular formula is C10H20N2O10. The summed E-state index contributed by atoms with van der Waals surface area (Å²) in [6.07, 6.45) is -4.53. The van der Waals surface area contributed by atoms with E-state index in [0.717, 1.165) is 0 Å². The highest BCUT2D eigenvalue weighted by Gasteiger charge is 2.29. The number of hydrogen-bond acceptors (Lipinski definition) is 8. The molecule has 0 saturated heterocycles. The van der Waals surface area contributed by atoms with Gasteiger partial charge in [-0.2, -0.15) is 0 Å². The fourth-order valence-electron chi connectivity index (χ4n) is 0.573. The summed E-state index contributed by atoms with van der Waals surface area (Å²) >= 11 is 0. The minimum Gasteiger partial charge on any atom is -0.480 e. The van der Waals surface area contributed by atoms with Crippen LogP contribution in [0.3, 0.4) is 0 Å². The lowest BCUT2D eigenvalue weighted by Gasteiger charge is -2.07. The van der Waals surface area contributed by atoms with Gasteiger partial charge in [-0.3, -0.25) is 9.59 Å². The molecule has 0 heterocycles. The Balaban J connectivity index is -0.000000261. The Bertz CT molecular complexity index is 326. The summed E-state index contributed by atoms with van der Waals surface area (Å²) in [5, 5.41) is 53.2. The molecule has 2 atom stereocenters. The van der Waals surface area contributed by atoms with Gasteiger partial charge in [-0.1, -0.05) is 0 Å². The van der Waals surface area contributed by atoms with Crippen molar-refractivity contribution in [1.29, 1.82) is 0 Å². The fourth-order valence-corrected chi connectivity index (χ4v) is 0.573. The zero-order chi connectivity index (χ0) is 18.3. The predicted molar refractivity (Wildman–Crippen MR) is 70.4 cm³/mol. The van der Waals surface area contributed by atoms with Crippen molar-refractivity contribution >= 4 is 23.9 Å². The third-order valence-corrected chi connectivity index (χ3v) is 1.46. The average molecular weight is 328 g/mol. The van der Waals surface area contributed by atoms with Gasteiger partial charge in [0.15, 0.2) is 12.2 Å². The van der Waals surface area contributed by atoms with E-state index >= 15 is 0 Å². The van der Waals surface area contributed by atoms with Crippen LogP contribution in [0.15, 0.2) is 0 Å². The van der Waals surface area contributed by atoms with E-state index in [9.17, 15) is 19.2 Å². The number of carboxylic acids is 4. The normalized spacial score (nSPS) is 11.6. The lowest BCUT2D eigenvalue weighted by Crippen LogP contribution is -2.39. The minimum atomic E-state index is -2.27.